The standard InChI is InChI=1S/C13H12Cl2N4O3/c1-7-11(15)6-18(17-7)8(2)13(20)16-12-5-9(19(21)22)3-4-10(12)14/h3-6,8H,1-2H3,(H,16,20). The summed E-state index contributed by atoms with van der Waals surface area (Å²) in [6.45, 7) is 3.35. The molecule has 1 atom stereocenters. The monoisotopic (exact) mass is 342 g/mol. The van der Waals surface area contributed by atoms with E-state index in [4.69, 9.17) is 23.2 Å². The molecule has 1 amide bonds. The van der Waals surface area contributed by atoms with Crippen LogP contribution in [-0.4, -0.2) is 20.6 Å². The van der Waals surface area contributed by atoms with E-state index < -0.39 is 16.9 Å². The van der Waals surface area contributed by atoms with E-state index in [0.29, 0.717) is 10.7 Å². The van der Waals surface area contributed by atoms with Crippen molar-refractivity contribution in [2.24, 2.45) is 0 Å². The van der Waals surface area contributed by atoms with Gasteiger partial charge in [-0.1, -0.05) is 23.2 Å². The minimum absolute atomic E-state index is 0.162. The van der Waals surface area contributed by atoms with Crippen molar-refractivity contribution in [3.63, 3.8) is 0 Å². The van der Waals surface area contributed by atoms with E-state index in [1.807, 2.05) is 0 Å². The first-order valence-electron chi connectivity index (χ1n) is 6.25. The molecule has 1 unspecified atom stereocenters. The maximum absolute atomic E-state index is 12.2. The van der Waals surface area contributed by atoms with Gasteiger partial charge in [0.2, 0.25) is 5.91 Å². The van der Waals surface area contributed by atoms with Crippen molar-refractivity contribution in [2.75, 3.05) is 5.32 Å². The summed E-state index contributed by atoms with van der Waals surface area (Å²) >= 11 is 11.9. The molecule has 0 radical (unpaired) electrons. The number of nitrogens with one attached hydrogen (secondary N) is 1. The number of hydrogen-bond donors (Lipinski definition) is 1. The molecule has 1 aromatic carbocycles. The Morgan fingerprint density at radius 2 is 2.09 bits per heavy atom. The molecule has 7 nitrogen and oxygen atoms in total. The van der Waals surface area contributed by atoms with Gasteiger partial charge >= 0.3 is 0 Å². The van der Waals surface area contributed by atoms with Crippen LogP contribution in [0.5, 0.6) is 0 Å². The third-order valence-corrected chi connectivity index (χ3v) is 3.75. The van der Waals surface area contributed by atoms with E-state index >= 15 is 0 Å². The minimum atomic E-state index is -0.651. The van der Waals surface area contributed by atoms with Crippen LogP contribution in [0.1, 0.15) is 18.7 Å². The number of hydrogen-bond acceptors (Lipinski definition) is 4. The predicted octanol–water partition coefficient (Wildman–Crippen LogP) is 3.61. The van der Waals surface area contributed by atoms with E-state index in [-0.39, 0.29) is 16.4 Å². The zero-order valence-corrected chi connectivity index (χ0v) is 13.2. The van der Waals surface area contributed by atoms with Crippen LogP contribution in [0.2, 0.25) is 10.0 Å². The molecule has 0 aliphatic carbocycles. The molecule has 116 valence electrons. The molecule has 0 fully saturated rings. The SMILES string of the molecule is Cc1nn(C(C)C(=O)Nc2cc([N+](=O)[O-])ccc2Cl)cc1Cl. The smallest absolute Gasteiger partial charge is 0.271 e. The summed E-state index contributed by atoms with van der Waals surface area (Å²) in [6, 6.07) is 3.17. The summed E-state index contributed by atoms with van der Waals surface area (Å²) < 4.78 is 1.41. The van der Waals surface area contributed by atoms with E-state index in [0.717, 1.165) is 0 Å². The Bertz CT molecular complexity index is 725. The highest BCUT2D eigenvalue weighted by atomic mass is 35.5. The Labute approximate surface area is 136 Å². The van der Waals surface area contributed by atoms with E-state index in [2.05, 4.69) is 10.4 Å². The fourth-order valence-electron chi connectivity index (χ4n) is 1.74. The topological polar surface area (TPSA) is 90.1 Å². The summed E-state index contributed by atoms with van der Waals surface area (Å²) in [5.41, 5.74) is 0.614. The summed E-state index contributed by atoms with van der Waals surface area (Å²) in [5.74, 6) is -0.415. The number of halogens is 2. The van der Waals surface area contributed by atoms with Gasteiger partial charge in [0, 0.05) is 18.3 Å². The lowest BCUT2D eigenvalue weighted by atomic mass is 10.2. The number of amides is 1. The molecule has 2 rings (SSSR count). The Kier molecular flexibility index (Phi) is 4.68. The first-order valence-corrected chi connectivity index (χ1v) is 7.01. The lowest BCUT2D eigenvalue weighted by molar-refractivity contribution is -0.384. The molecule has 1 heterocycles. The van der Waals surface area contributed by atoms with Crippen molar-refractivity contribution in [3.8, 4) is 0 Å². The maximum Gasteiger partial charge on any atom is 0.271 e. The third-order valence-electron chi connectivity index (χ3n) is 3.05. The van der Waals surface area contributed by atoms with Gasteiger partial charge in [-0.3, -0.25) is 19.6 Å². The first kappa shape index (κ1) is 16.3. The molecule has 2 aromatic rings. The largest absolute Gasteiger partial charge is 0.323 e. The quantitative estimate of drug-likeness (QED) is 0.678. The number of benzene rings is 1. The van der Waals surface area contributed by atoms with Gasteiger partial charge in [0.05, 0.1) is 26.3 Å². The molecule has 0 bridgehead atoms. The summed E-state index contributed by atoms with van der Waals surface area (Å²) in [5, 5.41) is 18.1. The van der Waals surface area contributed by atoms with Gasteiger partial charge in [-0.05, 0) is 19.9 Å². The molecular weight excluding hydrogens is 331 g/mol. The lowest BCUT2D eigenvalue weighted by Crippen LogP contribution is -2.24. The van der Waals surface area contributed by atoms with Crippen LogP contribution in [0.15, 0.2) is 24.4 Å². The molecule has 22 heavy (non-hydrogen) atoms. The molecular formula is C13H12Cl2N4O3. The number of anilines is 1. The second-order valence-corrected chi connectivity index (χ2v) is 5.44. The van der Waals surface area contributed by atoms with Gasteiger partial charge in [-0.2, -0.15) is 5.10 Å². The molecule has 1 N–H and O–H groups in total. The zero-order chi connectivity index (χ0) is 16.4. The highest BCUT2D eigenvalue weighted by molar-refractivity contribution is 6.33. The van der Waals surface area contributed by atoms with Crippen LogP contribution in [0.3, 0.4) is 0 Å². The molecule has 0 spiro atoms. The zero-order valence-electron chi connectivity index (χ0n) is 11.7. The molecule has 1 aromatic heterocycles. The fraction of sp³-hybridized carbons (Fsp3) is 0.231. The van der Waals surface area contributed by atoms with Crippen LogP contribution in [0.4, 0.5) is 11.4 Å². The molecule has 0 saturated carbocycles. The number of aryl methyl sites for hydroxylation is 1. The van der Waals surface area contributed by atoms with Gasteiger partial charge in [0.1, 0.15) is 6.04 Å². The number of nitro benzene ring substituents is 1. The average molecular weight is 343 g/mol. The highest BCUT2D eigenvalue weighted by Crippen LogP contribution is 2.27. The number of rotatable bonds is 4. The number of carbonyl (C=O) groups excluding carboxylic acids is 1. The van der Waals surface area contributed by atoms with Gasteiger partial charge in [0.25, 0.3) is 5.69 Å². The Hall–Kier alpha value is -2.12. The lowest BCUT2D eigenvalue weighted by Gasteiger charge is -2.13. The Morgan fingerprint density at radius 1 is 1.41 bits per heavy atom. The Morgan fingerprint density at radius 3 is 2.64 bits per heavy atom. The van der Waals surface area contributed by atoms with Crippen molar-refractivity contribution < 1.29 is 9.72 Å². The number of carbonyl (C=O) groups is 1. The number of aromatic nitrogens is 2. The van der Waals surface area contributed by atoms with Gasteiger partial charge in [-0.15, -0.1) is 0 Å². The van der Waals surface area contributed by atoms with Crippen LogP contribution < -0.4 is 5.32 Å². The molecule has 0 aliphatic heterocycles. The number of nitro groups is 1. The third kappa shape index (κ3) is 3.37. The summed E-state index contributed by atoms with van der Waals surface area (Å²) in [7, 11) is 0. The molecule has 0 aliphatic rings. The Balaban J connectivity index is 2.21. The summed E-state index contributed by atoms with van der Waals surface area (Å²) in [6.07, 6.45) is 1.54. The van der Waals surface area contributed by atoms with Crippen molar-refractivity contribution in [1.82, 2.24) is 9.78 Å². The maximum atomic E-state index is 12.2. The minimum Gasteiger partial charge on any atom is -0.323 e. The van der Waals surface area contributed by atoms with Crippen molar-refractivity contribution >= 4 is 40.5 Å². The van der Waals surface area contributed by atoms with E-state index in [1.54, 1.807) is 13.8 Å². The number of nitrogens with zero attached hydrogens (tertiary/aromatic N) is 3. The van der Waals surface area contributed by atoms with Gasteiger partial charge in [0.15, 0.2) is 0 Å². The van der Waals surface area contributed by atoms with Crippen LogP contribution in [0.25, 0.3) is 0 Å². The van der Waals surface area contributed by atoms with Crippen molar-refractivity contribution in [3.05, 3.63) is 50.2 Å². The van der Waals surface area contributed by atoms with E-state index in [1.165, 1.54) is 29.1 Å². The van der Waals surface area contributed by atoms with E-state index in [9.17, 15) is 14.9 Å². The average Bonchev–Trinajstić information content (AvgIpc) is 2.79. The van der Waals surface area contributed by atoms with Gasteiger partial charge in [-0.25, -0.2) is 0 Å². The van der Waals surface area contributed by atoms with Crippen LogP contribution >= 0.6 is 23.2 Å². The molecule has 0 saturated heterocycles. The molecule has 9 heteroatoms. The van der Waals surface area contributed by atoms with Gasteiger partial charge < -0.3 is 5.32 Å². The highest BCUT2D eigenvalue weighted by Gasteiger charge is 2.19. The van der Waals surface area contributed by atoms with Crippen LogP contribution in [0, 0.1) is 17.0 Å². The van der Waals surface area contributed by atoms with Crippen molar-refractivity contribution in [1.29, 1.82) is 0 Å². The van der Waals surface area contributed by atoms with Crippen LogP contribution in [-0.2, 0) is 4.79 Å². The fourth-order valence-corrected chi connectivity index (χ4v) is 2.04. The summed E-state index contributed by atoms with van der Waals surface area (Å²) in [4.78, 5) is 22.4. The van der Waals surface area contributed by atoms with Crippen molar-refractivity contribution in [2.45, 2.75) is 19.9 Å². The second kappa shape index (κ2) is 6.33. The normalized spacial score (nSPS) is 12.0. The first-order chi connectivity index (χ1) is 10.3. The predicted molar refractivity (Wildman–Crippen MR) is 83.4 cm³/mol. The number of non-ortho nitro benzene ring substituents is 1. The second-order valence-electron chi connectivity index (χ2n) is 4.63.